The summed E-state index contributed by atoms with van der Waals surface area (Å²) in [5.74, 6) is 1.67. The van der Waals surface area contributed by atoms with Crippen molar-refractivity contribution >= 4 is 11.5 Å². The highest BCUT2D eigenvalue weighted by atomic mass is 16.5. The maximum atomic E-state index is 6.09. The molecule has 0 aliphatic rings. The summed E-state index contributed by atoms with van der Waals surface area (Å²) >= 11 is 0. The molecule has 1 aromatic rings. The number of unbranched alkanes of at least 4 members (excludes halogenated alkanes) is 3. The van der Waals surface area contributed by atoms with E-state index in [1.165, 1.54) is 12.8 Å². The van der Waals surface area contributed by atoms with Crippen LogP contribution in [0.5, 0.6) is 5.88 Å². The molecule has 1 aromatic heterocycles. The first kappa shape index (κ1) is 17.5. The molecule has 6 heteroatoms. The molecule has 0 aromatic carbocycles. The van der Waals surface area contributed by atoms with Gasteiger partial charge in [0, 0.05) is 13.7 Å². The number of nitrogen functional groups attached to an aromatic ring is 1. The van der Waals surface area contributed by atoms with E-state index in [0.29, 0.717) is 36.4 Å². The maximum absolute atomic E-state index is 6.09. The van der Waals surface area contributed by atoms with Crippen LogP contribution in [0.2, 0.25) is 0 Å². The molecule has 6 nitrogen and oxygen atoms in total. The zero-order valence-corrected chi connectivity index (χ0v) is 13.4. The summed E-state index contributed by atoms with van der Waals surface area (Å²) in [5, 5.41) is 3.27. The average molecular weight is 296 g/mol. The van der Waals surface area contributed by atoms with Crippen molar-refractivity contribution in [3.63, 3.8) is 0 Å². The van der Waals surface area contributed by atoms with Crippen molar-refractivity contribution in [3.05, 3.63) is 5.82 Å². The van der Waals surface area contributed by atoms with E-state index in [0.717, 1.165) is 25.8 Å². The van der Waals surface area contributed by atoms with E-state index in [1.54, 1.807) is 7.11 Å². The minimum absolute atomic E-state index is 0.341. The van der Waals surface area contributed by atoms with Gasteiger partial charge in [0.15, 0.2) is 11.6 Å². The average Bonchev–Trinajstić information content (AvgIpc) is 2.48. The Bertz CT molecular complexity index is 413. The molecule has 0 saturated carbocycles. The van der Waals surface area contributed by atoms with E-state index in [1.807, 2.05) is 0 Å². The SMILES string of the molecule is CCCCCNc1nc(COC)nc(OCCCC)c1N. The summed E-state index contributed by atoms with van der Waals surface area (Å²) in [7, 11) is 1.62. The van der Waals surface area contributed by atoms with Crippen LogP contribution in [0.25, 0.3) is 0 Å². The van der Waals surface area contributed by atoms with E-state index in [9.17, 15) is 0 Å². The van der Waals surface area contributed by atoms with Crippen LogP contribution in [0.4, 0.5) is 11.5 Å². The van der Waals surface area contributed by atoms with Gasteiger partial charge in [-0.25, -0.2) is 4.98 Å². The second-order valence-electron chi connectivity index (χ2n) is 4.98. The van der Waals surface area contributed by atoms with Crippen molar-refractivity contribution in [1.82, 2.24) is 9.97 Å². The number of ether oxygens (including phenoxy) is 2. The minimum Gasteiger partial charge on any atom is -0.476 e. The molecule has 0 aliphatic heterocycles. The van der Waals surface area contributed by atoms with E-state index in [2.05, 4.69) is 29.1 Å². The van der Waals surface area contributed by atoms with Crippen molar-refractivity contribution in [2.75, 3.05) is 31.3 Å². The molecular formula is C15H28N4O2. The first-order valence-corrected chi connectivity index (χ1v) is 7.74. The number of nitrogens with two attached hydrogens (primary N) is 1. The third kappa shape index (κ3) is 6.16. The predicted octanol–water partition coefficient (Wildman–Crippen LogP) is 2.99. The Balaban J connectivity index is 2.77. The largest absolute Gasteiger partial charge is 0.476 e. The van der Waals surface area contributed by atoms with Gasteiger partial charge in [-0.1, -0.05) is 33.1 Å². The zero-order valence-electron chi connectivity index (χ0n) is 13.4. The van der Waals surface area contributed by atoms with Crippen molar-refractivity contribution in [1.29, 1.82) is 0 Å². The number of anilines is 2. The zero-order chi connectivity index (χ0) is 15.5. The first-order chi connectivity index (χ1) is 10.2. The molecule has 0 atom stereocenters. The number of hydrogen-bond acceptors (Lipinski definition) is 6. The molecule has 0 unspecified atom stereocenters. The molecule has 0 fully saturated rings. The molecule has 0 amide bonds. The van der Waals surface area contributed by atoms with Gasteiger partial charge in [-0.05, 0) is 12.8 Å². The van der Waals surface area contributed by atoms with Gasteiger partial charge in [0.05, 0.1) is 6.61 Å². The Morgan fingerprint density at radius 3 is 2.52 bits per heavy atom. The van der Waals surface area contributed by atoms with Gasteiger partial charge in [-0.15, -0.1) is 0 Å². The summed E-state index contributed by atoms with van der Waals surface area (Å²) in [6.45, 7) is 6.09. The second-order valence-corrected chi connectivity index (χ2v) is 4.98. The van der Waals surface area contributed by atoms with Gasteiger partial charge in [0.1, 0.15) is 12.3 Å². The molecule has 21 heavy (non-hydrogen) atoms. The molecule has 0 aliphatic carbocycles. The van der Waals surface area contributed by atoms with Gasteiger partial charge in [0.2, 0.25) is 5.88 Å². The highest BCUT2D eigenvalue weighted by molar-refractivity contribution is 5.66. The molecule has 1 heterocycles. The number of nitrogens with zero attached hydrogens (tertiary/aromatic N) is 2. The lowest BCUT2D eigenvalue weighted by atomic mass is 10.2. The molecule has 0 spiro atoms. The molecule has 0 bridgehead atoms. The van der Waals surface area contributed by atoms with Gasteiger partial charge in [0.25, 0.3) is 0 Å². The number of nitrogens with one attached hydrogen (secondary N) is 1. The third-order valence-electron chi connectivity index (χ3n) is 3.04. The topological polar surface area (TPSA) is 82.3 Å². The van der Waals surface area contributed by atoms with Crippen molar-refractivity contribution < 1.29 is 9.47 Å². The molecule has 0 radical (unpaired) electrons. The number of hydrogen-bond donors (Lipinski definition) is 2. The van der Waals surface area contributed by atoms with Gasteiger partial charge in [-0.3, -0.25) is 0 Å². The molecular weight excluding hydrogens is 268 g/mol. The van der Waals surface area contributed by atoms with Gasteiger partial charge >= 0.3 is 0 Å². The highest BCUT2D eigenvalue weighted by Crippen LogP contribution is 2.26. The standard InChI is InChI=1S/C15H28N4O2/c1-4-6-8-9-17-14-13(16)15(21-10-7-5-2)19-12(18-14)11-20-3/h4-11,16H2,1-3H3,(H,17,18,19). The summed E-state index contributed by atoms with van der Waals surface area (Å²) in [6, 6.07) is 0. The van der Waals surface area contributed by atoms with E-state index in [-0.39, 0.29) is 0 Å². The van der Waals surface area contributed by atoms with Crippen molar-refractivity contribution in [2.45, 2.75) is 52.6 Å². The smallest absolute Gasteiger partial charge is 0.242 e. The Kier molecular flexibility index (Phi) is 8.50. The minimum atomic E-state index is 0.341. The van der Waals surface area contributed by atoms with Gasteiger partial charge < -0.3 is 20.5 Å². The molecule has 120 valence electrons. The Labute approximate surface area is 127 Å². The van der Waals surface area contributed by atoms with Crippen LogP contribution in [0.15, 0.2) is 0 Å². The second kappa shape index (κ2) is 10.2. The van der Waals surface area contributed by atoms with Crippen LogP contribution < -0.4 is 15.8 Å². The van der Waals surface area contributed by atoms with E-state index in [4.69, 9.17) is 15.2 Å². The molecule has 3 N–H and O–H groups in total. The number of aromatic nitrogens is 2. The van der Waals surface area contributed by atoms with Crippen LogP contribution in [-0.2, 0) is 11.3 Å². The highest BCUT2D eigenvalue weighted by Gasteiger charge is 2.12. The van der Waals surface area contributed by atoms with E-state index >= 15 is 0 Å². The summed E-state index contributed by atoms with van der Waals surface area (Å²) in [5.41, 5.74) is 6.57. The normalized spacial score (nSPS) is 10.6. The van der Waals surface area contributed by atoms with Crippen LogP contribution in [-0.4, -0.2) is 30.2 Å². The number of rotatable bonds is 11. The fraction of sp³-hybridized carbons (Fsp3) is 0.733. The maximum Gasteiger partial charge on any atom is 0.242 e. The van der Waals surface area contributed by atoms with E-state index < -0.39 is 0 Å². The lowest BCUT2D eigenvalue weighted by Crippen LogP contribution is -2.12. The fourth-order valence-corrected chi connectivity index (χ4v) is 1.83. The summed E-state index contributed by atoms with van der Waals surface area (Å²) in [4.78, 5) is 8.71. The lowest BCUT2D eigenvalue weighted by Gasteiger charge is -2.14. The molecule has 1 rings (SSSR count). The Morgan fingerprint density at radius 2 is 1.86 bits per heavy atom. The molecule has 0 saturated heterocycles. The van der Waals surface area contributed by atoms with Gasteiger partial charge in [-0.2, -0.15) is 4.98 Å². The Hall–Kier alpha value is -1.56. The summed E-state index contributed by atoms with van der Waals surface area (Å²) < 4.78 is 10.8. The van der Waals surface area contributed by atoms with Crippen molar-refractivity contribution in [2.24, 2.45) is 0 Å². The van der Waals surface area contributed by atoms with Crippen LogP contribution in [0, 0.1) is 0 Å². The number of methoxy groups -OCH3 is 1. The lowest BCUT2D eigenvalue weighted by molar-refractivity contribution is 0.176. The summed E-state index contributed by atoms with van der Waals surface area (Å²) in [6.07, 6.45) is 5.50. The Morgan fingerprint density at radius 1 is 1.10 bits per heavy atom. The fourth-order valence-electron chi connectivity index (χ4n) is 1.83. The quantitative estimate of drug-likeness (QED) is 0.611. The monoisotopic (exact) mass is 296 g/mol. The third-order valence-corrected chi connectivity index (χ3v) is 3.04. The first-order valence-electron chi connectivity index (χ1n) is 7.74. The predicted molar refractivity (Wildman–Crippen MR) is 85.6 cm³/mol. The van der Waals surface area contributed by atoms with Crippen LogP contribution in [0.3, 0.4) is 0 Å². The van der Waals surface area contributed by atoms with Crippen LogP contribution >= 0.6 is 0 Å². The van der Waals surface area contributed by atoms with Crippen molar-refractivity contribution in [3.8, 4) is 5.88 Å². The van der Waals surface area contributed by atoms with Crippen LogP contribution in [0.1, 0.15) is 51.8 Å².